The fourth-order valence-electron chi connectivity index (χ4n) is 2.23. The summed E-state index contributed by atoms with van der Waals surface area (Å²) < 4.78 is 11.5. The van der Waals surface area contributed by atoms with Gasteiger partial charge in [0.15, 0.2) is 11.5 Å². The van der Waals surface area contributed by atoms with Gasteiger partial charge in [0.05, 0.1) is 7.11 Å². The Morgan fingerprint density at radius 1 is 0.667 bits per heavy atom. The maximum atomic E-state index is 6.06. The van der Waals surface area contributed by atoms with Crippen LogP contribution in [0.4, 0.5) is 0 Å². The Morgan fingerprint density at radius 2 is 1.33 bits per heavy atom. The molecule has 0 amide bonds. The van der Waals surface area contributed by atoms with Gasteiger partial charge in [0.25, 0.3) is 0 Å². The monoisotopic (exact) mass is 276 g/mol. The van der Waals surface area contributed by atoms with E-state index >= 15 is 0 Å². The van der Waals surface area contributed by atoms with E-state index in [4.69, 9.17) is 9.47 Å². The average Bonchev–Trinajstić information content (AvgIpc) is 2.57. The lowest BCUT2D eigenvalue weighted by atomic mass is 10.0. The molecule has 0 aliphatic heterocycles. The van der Waals surface area contributed by atoms with Gasteiger partial charge < -0.3 is 9.47 Å². The summed E-state index contributed by atoms with van der Waals surface area (Å²) in [5, 5.41) is 0. The molecule has 0 aliphatic rings. The second kappa shape index (κ2) is 6.14. The van der Waals surface area contributed by atoms with Gasteiger partial charge in [0.1, 0.15) is 5.75 Å². The minimum absolute atomic E-state index is 0.722. The number of hydrogen-bond acceptors (Lipinski definition) is 2. The molecule has 0 fully saturated rings. The third-order valence-electron chi connectivity index (χ3n) is 3.25. The molecule has 0 spiro atoms. The fourth-order valence-corrected chi connectivity index (χ4v) is 2.23. The van der Waals surface area contributed by atoms with Crippen LogP contribution in [0.15, 0.2) is 78.9 Å². The van der Waals surface area contributed by atoms with E-state index in [-0.39, 0.29) is 0 Å². The summed E-state index contributed by atoms with van der Waals surface area (Å²) in [6.45, 7) is 0. The van der Waals surface area contributed by atoms with Crippen molar-refractivity contribution >= 4 is 0 Å². The van der Waals surface area contributed by atoms with E-state index in [2.05, 4.69) is 12.1 Å². The predicted molar refractivity (Wildman–Crippen MR) is 84.9 cm³/mol. The molecule has 3 aromatic rings. The van der Waals surface area contributed by atoms with Crippen LogP contribution in [-0.2, 0) is 0 Å². The van der Waals surface area contributed by atoms with E-state index < -0.39 is 0 Å². The fraction of sp³-hybridized carbons (Fsp3) is 0.0526. The molecular formula is C19H16O2. The molecule has 2 nitrogen and oxygen atoms in total. The van der Waals surface area contributed by atoms with Crippen molar-refractivity contribution < 1.29 is 9.47 Å². The van der Waals surface area contributed by atoms with Crippen molar-refractivity contribution in [3.05, 3.63) is 78.9 Å². The zero-order valence-corrected chi connectivity index (χ0v) is 11.8. The Morgan fingerprint density at radius 3 is 2.00 bits per heavy atom. The van der Waals surface area contributed by atoms with Crippen molar-refractivity contribution in [2.75, 3.05) is 7.11 Å². The molecule has 0 bridgehead atoms. The summed E-state index contributed by atoms with van der Waals surface area (Å²) in [5.74, 6) is 2.25. The highest BCUT2D eigenvalue weighted by molar-refractivity contribution is 5.74. The smallest absolute Gasteiger partial charge is 0.177 e. The van der Waals surface area contributed by atoms with Crippen molar-refractivity contribution in [1.29, 1.82) is 0 Å². The van der Waals surface area contributed by atoms with Crippen LogP contribution in [0.3, 0.4) is 0 Å². The maximum Gasteiger partial charge on any atom is 0.177 e. The van der Waals surface area contributed by atoms with Gasteiger partial charge in [0.2, 0.25) is 0 Å². The zero-order valence-electron chi connectivity index (χ0n) is 11.8. The first kappa shape index (κ1) is 13.3. The summed E-state index contributed by atoms with van der Waals surface area (Å²) in [6, 6.07) is 25.8. The van der Waals surface area contributed by atoms with E-state index in [1.807, 2.05) is 66.7 Å². The number of para-hydroxylation sites is 2. The molecule has 0 saturated heterocycles. The Balaban J connectivity index is 2.09. The van der Waals surface area contributed by atoms with Crippen LogP contribution >= 0.6 is 0 Å². The third kappa shape index (κ3) is 2.90. The van der Waals surface area contributed by atoms with E-state index in [1.54, 1.807) is 7.11 Å². The molecule has 0 heterocycles. The molecule has 2 heteroatoms. The Bertz CT molecular complexity index is 706. The number of rotatable bonds is 4. The third-order valence-corrected chi connectivity index (χ3v) is 3.25. The number of benzene rings is 3. The summed E-state index contributed by atoms with van der Waals surface area (Å²) in [4.78, 5) is 0. The van der Waals surface area contributed by atoms with Gasteiger partial charge in [-0.2, -0.15) is 0 Å². The maximum absolute atomic E-state index is 6.06. The van der Waals surface area contributed by atoms with E-state index in [0.29, 0.717) is 0 Å². The van der Waals surface area contributed by atoms with Crippen molar-refractivity contribution in [2.45, 2.75) is 0 Å². The van der Waals surface area contributed by atoms with Gasteiger partial charge >= 0.3 is 0 Å². The lowest BCUT2D eigenvalue weighted by Gasteiger charge is -2.15. The number of methoxy groups -OCH3 is 1. The number of hydrogen-bond donors (Lipinski definition) is 0. The first-order valence-corrected chi connectivity index (χ1v) is 6.84. The van der Waals surface area contributed by atoms with Crippen LogP contribution < -0.4 is 9.47 Å². The summed E-state index contributed by atoms with van der Waals surface area (Å²) in [5.41, 5.74) is 2.11. The molecule has 0 aromatic heterocycles. The first-order chi connectivity index (χ1) is 10.4. The standard InChI is InChI=1S/C19H16O2/c1-20-18-14-8-13-17(15-9-4-2-5-10-15)19(18)21-16-11-6-3-7-12-16/h2-14H,1H3. The molecule has 3 aromatic carbocycles. The Labute approximate surface area is 124 Å². The lowest BCUT2D eigenvalue weighted by Crippen LogP contribution is -1.93. The molecular weight excluding hydrogens is 260 g/mol. The second-order valence-corrected chi connectivity index (χ2v) is 4.62. The molecule has 0 unspecified atom stereocenters. The van der Waals surface area contributed by atoms with Crippen LogP contribution in [0.5, 0.6) is 17.2 Å². The Hall–Kier alpha value is -2.74. The molecule has 0 atom stereocenters. The molecule has 104 valence electrons. The predicted octanol–water partition coefficient (Wildman–Crippen LogP) is 5.15. The first-order valence-electron chi connectivity index (χ1n) is 6.84. The minimum atomic E-state index is 0.722. The van der Waals surface area contributed by atoms with Gasteiger partial charge in [-0.3, -0.25) is 0 Å². The molecule has 0 radical (unpaired) electrons. The van der Waals surface area contributed by atoms with Gasteiger partial charge in [-0.15, -0.1) is 0 Å². The largest absolute Gasteiger partial charge is 0.493 e. The number of ether oxygens (including phenoxy) is 2. The van der Waals surface area contributed by atoms with Crippen LogP contribution in [0.25, 0.3) is 11.1 Å². The highest BCUT2D eigenvalue weighted by Crippen LogP contribution is 2.40. The normalized spacial score (nSPS) is 10.1. The van der Waals surface area contributed by atoms with Crippen LogP contribution in [-0.4, -0.2) is 7.11 Å². The summed E-state index contributed by atoms with van der Waals surface area (Å²) in [7, 11) is 1.65. The van der Waals surface area contributed by atoms with Gasteiger partial charge in [-0.05, 0) is 23.8 Å². The average molecular weight is 276 g/mol. The van der Waals surface area contributed by atoms with Gasteiger partial charge in [-0.1, -0.05) is 60.7 Å². The Kier molecular flexibility index (Phi) is 3.88. The highest BCUT2D eigenvalue weighted by atomic mass is 16.5. The second-order valence-electron chi connectivity index (χ2n) is 4.62. The van der Waals surface area contributed by atoms with Crippen molar-refractivity contribution in [1.82, 2.24) is 0 Å². The van der Waals surface area contributed by atoms with Crippen molar-refractivity contribution in [3.8, 4) is 28.4 Å². The van der Waals surface area contributed by atoms with Crippen molar-refractivity contribution in [2.24, 2.45) is 0 Å². The van der Waals surface area contributed by atoms with Crippen molar-refractivity contribution in [3.63, 3.8) is 0 Å². The molecule has 3 rings (SSSR count). The van der Waals surface area contributed by atoms with Crippen LogP contribution in [0, 0.1) is 0 Å². The molecule has 0 saturated carbocycles. The highest BCUT2D eigenvalue weighted by Gasteiger charge is 2.13. The summed E-state index contributed by atoms with van der Waals surface area (Å²) in [6.07, 6.45) is 0. The molecule has 0 aliphatic carbocycles. The van der Waals surface area contributed by atoms with E-state index in [9.17, 15) is 0 Å². The van der Waals surface area contributed by atoms with Crippen LogP contribution in [0.1, 0.15) is 0 Å². The molecule has 21 heavy (non-hydrogen) atoms. The van der Waals surface area contributed by atoms with E-state index in [1.165, 1.54) is 0 Å². The van der Waals surface area contributed by atoms with E-state index in [0.717, 1.165) is 28.4 Å². The molecule has 0 N–H and O–H groups in total. The lowest BCUT2D eigenvalue weighted by molar-refractivity contribution is 0.380. The SMILES string of the molecule is COc1cccc(-c2ccccc2)c1Oc1ccccc1. The minimum Gasteiger partial charge on any atom is -0.493 e. The van der Waals surface area contributed by atoms with Gasteiger partial charge in [-0.25, -0.2) is 0 Å². The zero-order chi connectivity index (χ0) is 14.5. The quantitative estimate of drug-likeness (QED) is 0.655. The summed E-state index contributed by atoms with van der Waals surface area (Å²) >= 11 is 0. The van der Waals surface area contributed by atoms with Crippen LogP contribution in [0.2, 0.25) is 0 Å². The van der Waals surface area contributed by atoms with Gasteiger partial charge in [0, 0.05) is 5.56 Å². The topological polar surface area (TPSA) is 18.5 Å².